The number of benzene rings is 1. The van der Waals surface area contributed by atoms with Gasteiger partial charge in [-0.2, -0.15) is 0 Å². The molecule has 1 aromatic carbocycles. The molecule has 0 spiro atoms. The number of Topliss-reactive ketones (excluding diaryl/α,β-unsaturated/α-hetero) is 1. The van der Waals surface area contributed by atoms with Crippen LogP contribution in [0.15, 0.2) is 34.3 Å². The summed E-state index contributed by atoms with van der Waals surface area (Å²) >= 11 is 1.38. The second kappa shape index (κ2) is 10.2. The number of hydrogen-bond acceptors (Lipinski definition) is 6. The summed E-state index contributed by atoms with van der Waals surface area (Å²) in [5, 5.41) is 6.00. The topological polar surface area (TPSA) is 109 Å². The van der Waals surface area contributed by atoms with Gasteiger partial charge in [0.05, 0.1) is 27.8 Å². The molecular formula is C24H32N4O4S2. The number of unbranched alkanes of at least 4 members (excludes halogenated alkanes) is 1. The van der Waals surface area contributed by atoms with Crippen LogP contribution in [0.3, 0.4) is 0 Å². The number of thioether (sulfide) groups is 1. The number of hydrogen-bond donors (Lipinski definition) is 1. The fraction of sp³-hybridized carbons (Fsp3) is 0.500. The molecule has 1 aliphatic heterocycles. The molecule has 0 amide bonds. The zero-order valence-electron chi connectivity index (χ0n) is 19.9. The Balaban J connectivity index is 1.56. The van der Waals surface area contributed by atoms with Crippen molar-refractivity contribution in [2.24, 2.45) is 5.14 Å². The molecule has 3 aromatic rings. The van der Waals surface area contributed by atoms with E-state index in [1.165, 1.54) is 23.9 Å². The quantitative estimate of drug-likeness (QED) is 0.329. The lowest BCUT2D eigenvalue weighted by atomic mass is 10.2. The van der Waals surface area contributed by atoms with Gasteiger partial charge in [-0.1, -0.05) is 25.1 Å². The fourth-order valence-corrected chi connectivity index (χ4v) is 5.93. The van der Waals surface area contributed by atoms with Crippen LogP contribution >= 0.6 is 11.8 Å². The molecule has 0 radical (unpaired) electrons. The van der Waals surface area contributed by atoms with Crippen LogP contribution in [-0.4, -0.2) is 46.8 Å². The first-order valence-corrected chi connectivity index (χ1v) is 14.2. The predicted molar refractivity (Wildman–Crippen MR) is 134 cm³/mol. The van der Waals surface area contributed by atoms with Crippen LogP contribution < -0.4 is 5.14 Å². The molecule has 1 atom stereocenters. The van der Waals surface area contributed by atoms with E-state index < -0.39 is 10.0 Å². The minimum atomic E-state index is -3.81. The van der Waals surface area contributed by atoms with Gasteiger partial charge in [-0.15, -0.1) is 0 Å². The van der Waals surface area contributed by atoms with Crippen molar-refractivity contribution in [2.75, 3.05) is 12.4 Å². The van der Waals surface area contributed by atoms with Gasteiger partial charge in [0.25, 0.3) is 0 Å². The molecule has 1 unspecified atom stereocenters. The molecule has 8 nitrogen and oxygen atoms in total. The standard InChI is InChI=1S/C24H32N4O4S2/c1-4-5-10-27-22-9-8-19(34(25,30)31)13-21(22)26-24(27)33-15-23(29)20-12-16(2)28(17(20)3)14-18-7-6-11-32-18/h8-9,12-13,18H,4-7,10-11,14-15H2,1-3H3,(H2,25,30,31). The molecule has 0 aliphatic carbocycles. The van der Waals surface area contributed by atoms with E-state index in [1.807, 2.05) is 19.9 Å². The van der Waals surface area contributed by atoms with Gasteiger partial charge < -0.3 is 13.9 Å². The van der Waals surface area contributed by atoms with Crippen LogP contribution in [0.5, 0.6) is 0 Å². The Labute approximate surface area is 204 Å². The summed E-state index contributed by atoms with van der Waals surface area (Å²) in [6, 6.07) is 6.70. The molecule has 34 heavy (non-hydrogen) atoms. The van der Waals surface area contributed by atoms with E-state index in [4.69, 9.17) is 9.88 Å². The van der Waals surface area contributed by atoms with Gasteiger partial charge in [0.15, 0.2) is 10.9 Å². The van der Waals surface area contributed by atoms with E-state index in [0.717, 1.165) is 67.8 Å². The van der Waals surface area contributed by atoms with Gasteiger partial charge in [-0.05, 0) is 57.4 Å². The van der Waals surface area contributed by atoms with Crippen molar-refractivity contribution in [1.29, 1.82) is 0 Å². The third kappa shape index (κ3) is 5.25. The fourth-order valence-electron chi connectivity index (χ4n) is 4.47. The minimum absolute atomic E-state index is 0.0337. The number of ketones is 1. The third-order valence-corrected chi connectivity index (χ3v) is 8.25. The number of aryl methyl sites for hydroxylation is 2. The number of rotatable bonds is 10. The van der Waals surface area contributed by atoms with Crippen molar-refractivity contribution >= 4 is 38.6 Å². The Hall–Kier alpha value is -2.14. The first kappa shape index (κ1) is 25.0. The highest BCUT2D eigenvalue weighted by Gasteiger charge is 2.22. The first-order valence-electron chi connectivity index (χ1n) is 11.7. The molecule has 3 heterocycles. The van der Waals surface area contributed by atoms with Crippen LogP contribution in [0, 0.1) is 13.8 Å². The largest absolute Gasteiger partial charge is 0.376 e. The van der Waals surface area contributed by atoms with Crippen LogP contribution in [-0.2, 0) is 27.8 Å². The van der Waals surface area contributed by atoms with Gasteiger partial charge in [0.1, 0.15) is 0 Å². The van der Waals surface area contributed by atoms with Crippen molar-refractivity contribution in [1.82, 2.24) is 14.1 Å². The number of fused-ring (bicyclic) bond motifs is 1. The smallest absolute Gasteiger partial charge is 0.238 e. The number of sulfonamides is 1. The van der Waals surface area contributed by atoms with Gasteiger partial charge in [0.2, 0.25) is 10.0 Å². The number of carbonyl (C=O) groups is 1. The highest BCUT2D eigenvalue weighted by Crippen LogP contribution is 2.28. The molecule has 0 saturated carbocycles. The van der Waals surface area contributed by atoms with Crippen molar-refractivity contribution in [2.45, 2.75) is 75.7 Å². The molecule has 0 bridgehead atoms. The lowest BCUT2D eigenvalue weighted by Gasteiger charge is -2.14. The molecule has 10 heteroatoms. The highest BCUT2D eigenvalue weighted by molar-refractivity contribution is 7.99. The summed E-state index contributed by atoms with van der Waals surface area (Å²) in [5.74, 6) is 0.304. The molecule has 1 saturated heterocycles. The van der Waals surface area contributed by atoms with Gasteiger partial charge in [-0.25, -0.2) is 18.5 Å². The first-order chi connectivity index (χ1) is 16.2. The lowest BCUT2D eigenvalue weighted by Crippen LogP contribution is -2.17. The van der Waals surface area contributed by atoms with Crippen molar-refractivity contribution < 1.29 is 17.9 Å². The Morgan fingerprint density at radius 3 is 2.74 bits per heavy atom. The minimum Gasteiger partial charge on any atom is -0.376 e. The second-order valence-electron chi connectivity index (χ2n) is 8.84. The highest BCUT2D eigenvalue weighted by atomic mass is 32.2. The number of imidazole rings is 1. The molecule has 184 valence electrons. The van der Waals surface area contributed by atoms with Crippen molar-refractivity contribution in [3.05, 3.63) is 41.2 Å². The Kier molecular flexibility index (Phi) is 7.51. The number of ether oxygens (including phenoxy) is 1. The predicted octanol–water partition coefficient (Wildman–Crippen LogP) is 4.06. The van der Waals surface area contributed by atoms with E-state index in [9.17, 15) is 13.2 Å². The summed E-state index contributed by atoms with van der Waals surface area (Å²) in [4.78, 5) is 17.9. The summed E-state index contributed by atoms with van der Waals surface area (Å²) < 4.78 is 33.6. The van der Waals surface area contributed by atoms with E-state index in [1.54, 1.807) is 6.07 Å². The summed E-state index contributed by atoms with van der Waals surface area (Å²) in [7, 11) is -3.81. The van der Waals surface area contributed by atoms with Crippen LogP contribution in [0.1, 0.15) is 54.4 Å². The lowest BCUT2D eigenvalue weighted by molar-refractivity contribution is 0.0957. The molecular weight excluding hydrogens is 472 g/mol. The summed E-state index contributed by atoms with van der Waals surface area (Å²) in [6.45, 7) is 8.46. The van der Waals surface area contributed by atoms with Gasteiger partial charge >= 0.3 is 0 Å². The van der Waals surface area contributed by atoms with Gasteiger partial charge in [0, 0.05) is 36.6 Å². The maximum atomic E-state index is 13.2. The van der Waals surface area contributed by atoms with Crippen molar-refractivity contribution in [3.63, 3.8) is 0 Å². The monoisotopic (exact) mass is 504 g/mol. The Bertz CT molecular complexity index is 1300. The third-order valence-electron chi connectivity index (χ3n) is 6.37. The maximum Gasteiger partial charge on any atom is 0.238 e. The van der Waals surface area contributed by atoms with E-state index >= 15 is 0 Å². The average molecular weight is 505 g/mol. The van der Waals surface area contributed by atoms with Crippen LogP contribution in [0.4, 0.5) is 0 Å². The molecule has 2 N–H and O–H groups in total. The SMILES string of the molecule is CCCCn1c(SCC(=O)c2cc(C)n(CC3CCCO3)c2C)nc2cc(S(N)(=O)=O)ccc21. The molecule has 1 fully saturated rings. The molecule has 2 aromatic heterocycles. The summed E-state index contributed by atoms with van der Waals surface area (Å²) in [6.07, 6.45) is 4.31. The Morgan fingerprint density at radius 2 is 2.06 bits per heavy atom. The maximum absolute atomic E-state index is 13.2. The Morgan fingerprint density at radius 1 is 1.26 bits per heavy atom. The van der Waals surface area contributed by atoms with Crippen LogP contribution in [0.25, 0.3) is 11.0 Å². The average Bonchev–Trinajstić information content (AvgIpc) is 3.49. The normalized spacial score (nSPS) is 16.5. The number of carbonyl (C=O) groups excluding carboxylic acids is 1. The molecule has 1 aliphatic rings. The van der Waals surface area contributed by atoms with E-state index in [-0.39, 0.29) is 22.5 Å². The van der Waals surface area contributed by atoms with Crippen LogP contribution in [0.2, 0.25) is 0 Å². The zero-order valence-corrected chi connectivity index (χ0v) is 21.5. The number of primary sulfonamides is 1. The number of nitrogens with two attached hydrogens (primary N) is 1. The zero-order chi connectivity index (χ0) is 24.5. The second-order valence-corrected chi connectivity index (χ2v) is 11.3. The number of aromatic nitrogens is 3. The summed E-state index contributed by atoms with van der Waals surface area (Å²) in [5.41, 5.74) is 4.16. The van der Waals surface area contributed by atoms with Crippen molar-refractivity contribution in [3.8, 4) is 0 Å². The van der Waals surface area contributed by atoms with E-state index in [0.29, 0.717) is 10.7 Å². The van der Waals surface area contributed by atoms with E-state index in [2.05, 4.69) is 21.0 Å². The van der Waals surface area contributed by atoms with Gasteiger partial charge in [-0.3, -0.25) is 4.79 Å². The number of nitrogens with zero attached hydrogens (tertiary/aromatic N) is 3. The molecule has 4 rings (SSSR count).